The summed E-state index contributed by atoms with van der Waals surface area (Å²) in [5, 5.41) is 9.21. The molecule has 1 aromatic rings. The number of nitrogens with one attached hydrogen (secondary N) is 3. The zero-order valence-electron chi connectivity index (χ0n) is 17.3. The Kier molecular flexibility index (Phi) is 7.51. The van der Waals surface area contributed by atoms with Crippen molar-refractivity contribution in [2.24, 2.45) is 10.9 Å². The summed E-state index contributed by atoms with van der Waals surface area (Å²) in [5.74, 6) is 2.18. The fourth-order valence-corrected chi connectivity index (χ4v) is 2.55. The number of guanidine groups is 1. The van der Waals surface area contributed by atoms with Crippen molar-refractivity contribution in [3.8, 4) is 5.75 Å². The third-order valence-electron chi connectivity index (χ3n) is 4.08. The summed E-state index contributed by atoms with van der Waals surface area (Å²) in [4.78, 5) is 16.6. The van der Waals surface area contributed by atoms with E-state index in [1.54, 1.807) is 0 Å². The first kappa shape index (κ1) is 21.1. The molecule has 3 N–H and O–H groups in total. The van der Waals surface area contributed by atoms with E-state index in [1.807, 2.05) is 27.7 Å². The molecule has 0 bridgehead atoms. The number of hydrogen-bond donors (Lipinski definition) is 3. The zero-order chi connectivity index (χ0) is 19.9. The molecular formula is C21H34N4O2. The highest BCUT2D eigenvalue weighted by Gasteiger charge is 2.22. The lowest BCUT2D eigenvalue weighted by atomic mass is 10.1. The molecule has 0 aliphatic heterocycles. The summed E-state index contributed by atoms with van der Waals surface area (Å²) in [6, 6.07) is 6.22. The van der Waals surface area contributed by atoms with Gasteiger partial charge in [-0.15, -0.1) is 0 Å². The van der Waals surface area contributed by atoms with Crippen LogP contribution in [0.2, 0.25) is 0 Å². The first-order valence-corrected chi connectivity index (χ1v) is 9.82. The van der Waals surface area contributed by atoms with E-state index in [4.69, 9.17) is 4.74 Å². The lowest BCUT2D eigenvalue weighted by Gasteiger charge is -2.21. The lowest BCUT2D eigenvalue weighted by molar-refractivity contribution is -0.121. The van der Waals surface area contributed by atoms with Gasteiger partial charge in [0.2, 0.25) is 5.91 Å². The highest BCUT2D eigenvalue weighted by atomic mass is 16.5. The van der Waals surface area contributed by atoms with Gasteiger partial charge in [0.25, 0.3) is 0 Å². The second kappa shape index (κ2) is 9.62. The highest BCUT2D eigenvalue weighted by Crippen LogP contribution is 2.30. The number of nitrogens with zero attached hydrogens (tertiary/aromatic N) is 1. The van der Waals surface area contributed by atoms with E-state index >= 15 is 0 Å². The Morgan fingerprint density at radius 3 is 2.63 bits per heavy atom. The van der Waals surface area contributed by atoms with Gasteiger partial charge in [-0.05, 0) is 65.0 Å². The third kappa shape index (κ3) is 8.33. The average Bonchev–Trinajstić information content (AvgIpc) is 3.39. The van der Waals surface area contributed by atoms with E-state index < -0.39 is 0 Å². The summed E-state index contributed by atoms with van der Waals surface area (Å²) >= 11 is 0. The molecule has 0 spiro atoms. The van der Waals surface area contributed by atoms with E-state index in [1.165, 1.54) is 18.4 Å². The van der Waals surface area contributed by atoms with Crippen LogP contribution in [0.4, 0.5) is 0 Å². The van der Waals surface area contributed by atoms with Crippen LogP contribution in [0.15, 0.2) is 23.2 Å². The van der Waals surface area contributed by atoms with Gasteiger partial charge in [-0.2, -0.15) is 0 Å². The molecule has 27 heavy (non-hydrogen) atoms. The molecular weight excluding hydrogens is 340 g/mol. The molecule has 150 valence electrons. The summed E-state index contributed by atoms with van der Waals surface area (Å²) in [7, 11) is 0. The molecule has 6 nitrogen and oxygen atoms in total. The number of ether oxygens (including phenoxy) is 1. The van der Waals surface area contributed by atoms with Crippen LogP contribution in [0.3, 0.4) is 0 Å². The number of benzene rings is 1. The Hall–Kier alpha value is -2.24. The van der Waals surface area contributed by atoms with E-state index in [9.17, 15) is 4.79 Å². The maximum atomic E-state index is 12.0. The van der Waals surface area contributed by atoms with Crippen LogP contribution >= 0.6 is 0 Å². The first-order chi connectivity index (χ1) is 12.8. The quantitative estimate of drug-likeness (QED) is 0.483. The van der Waals surface area contributed by atoms with E-state index in [0.29, 0.717) is 18.4 Å². The van der Waals surface area contributed by atoms with Gasteiger partial charge >= 0.3 is 0 Å². The second-order valence-corrected chi connectivity index (χ2v) is 8.21. The number of aliphatic imine (C=N–C) groups is 1. The number of carbonyl (C=O) groups is 1. The topological polar surface area (TPSA) is 74.8 Å². The van der Waals surface area contributed by atoms with Crippen molar-refractivity contribution >= 4 is 11.9 Å². The fourth-order valence-electron chi connectivity index (χ4n) is 2.55. The molecule has 1 saturated carbocycles. The van der Waals surface area contributed by atoms with Crippen molar-refractivity contribution < 1.29 is 9.53 Å². The molecule has 0 atom stereocenters. The van der Waals surface area contributed by atoms with Gasteiger partial charge in [0.1, 0.15) is 5.75 Å². The Labute approximate surface area is 163 Å². The summed E-state index contributed by atoms with van der Waals surface area (Å²) in [6.45, 7) is 12.1. The van der Waals surface area contributed by atoms with Crippen molar-refractivity contribution in [3.63, 3.8) is 0 Å². The van der Waals surface area contributed by atoms with Crippen LogP contribution in [0.5, 0.6) is 5.75 Å². The Morgan fingerprint density at radius 2 is 2.00 bits per heavy atom. The van der Waals surface area contributed by atoms with Gasteiger partial charge < -0.3 is 20.7 Å². The van der Waals surface area contributed by atoms with Crippen LogP contribution in [0, 0.1) is 12.8 Å². The Balaban J connectivity index is 1.97. The van der Waals surface area contributed by atoms with E-state index in [0.717, 1.165) is 24.5 Å². The van der Waals surface area contributed by atoms with Crippen molar-refractivity contribution in [3.05, 3.63) is 29.3 Å². The minimum Gasteiger partial charge on any atom is -0.493 e. The molecule has 6 heteroatoms. The molecule has 2 rings (SSSR count). The largest absolute Gasteiger partial charge is 0.493 e. The molecule has 0 aromatic heterocycles. The lowest BCUT2D eigenvalue weighted by Crippen LogP contribution is -2.48. The summed E-state index contributed by atoms with van der Waals surface area (Å²) < 4.78 is 6.01. The number of hydrogen-bond acceptors (Lipinski definition) is 3. The normalized spacial score (nSPS) is 14.6. The highest BCUT2D eigenvalue weighted by molar-refractivity contribution is 5.86. The molecule has 1 aliphatic carbocycles. The molecule has 0 radical (unpaired) electrons. The predicted octanol–water partition coefficient (Wildman–Crippen LogP) is 2.75. The van der Waals surface area contributed by atoms with Crippen molar-refractivity contribution in [1.29, 1.82) is 0 Å². The molecule has 0 saturated heterocycles. The van der Waals surface area contributed by atoms with Crippen LogP contribution in [0.1, 0.15) is 51.7 Å². The fraction of sp³-hybridized carbons (Fsp3) is 0.619. The Bertz CT molecular complexity index is 661. The van der Waals surface area contributed by atoms with Gasteiger partial charge in [-0.3, -0.25) is 4.79 Å². The third-order valence-corrected chi connectivity index (χ3v) is 4.08. The second-order valence-electron chi connectivity index (χ2n) is 8.21. The molecule has 1 aliphatic rings. The van der Waals surface area contributed by atoms with Gasteiger partial charge in [-0.1, -0.05) is 12.1 Å². The minimum atomic E-state index is -0.246. The van der Waals surface area contributed by atoms with Crippen LogP contribution in [-0.4, -0.2) is 37.1 Å². The van der Waals surface area contributed by atoms with Crippen molar-refractivity contribution in [2.75, 3.05) is 19.7 Å². The van der Waals surface area contributed by atoms with Crippen LogP contribution in [0.25, 0.3) is 0 Å². The minimum absolute atomic E-state index is 0.0584. The molecule has 1 fully saturated rings. The Morgan fingerprint density at radius 1 is 1.26 bits per heavy atom. The van der Waals surface area contributed by atoms with E-state index in [-0.39, 0.29) is 18.0 Å². The number of amides is 1. The van der Waals surface area contributed by atoms with Crippen LogP contribution in [-0.2, 0) is 11.3 Å². The predicted molar refractivity (Wildman–Crippen MR) is 110 cm³/mol. The number of carbonyl (C=O) groups excluding carboxylic acids is 1. The van der Waals surface area contributed by atoms with Crippen molar-refractivity contribution in [1.82, 2.24) is 16.0 Å². The maximum Gasteiger partial charge on any atom is 0.239 e. The molecule has 0 heterocycles. The zero-order valence-corrected chi connectivity index (χ0v) is 17.3. The van der Waals surface area contributed by atoms with E-state index in [2.05, 4.69) is 46.1 Å². The SMILES string of the molecule is CCNC(=NCc1ccc(C)cc1OCC1CC1)NCC(=O)NC(C)(C)C. The smallest absolute Gasteiger partial charge is 0.239 e. The summed E-state index contributed by atoms with van der Waals surface area (Å²) in [6.07, 6.45) is 2.54. The van der Waals surface area contributed by atoms with Crippen LogP contribution < -0.4 is 20.7 Å². The number of rotatable bonds is 8. The van der Waals surface area contributed by atoms with Gasteiger partial charge in [0, 0.05) is 17.6 Å². The monoisotopic (exact) mass is 374 g/mol. The number of aryl methyl sites for hydroxylation is 1. The van der Waals surface area contributed by atoms with Gasteiger partial charge in [0.15, 0.2) is 5.96 Å². The van der Waals surface area contributed by atoms with Gasteiger partial charge in [0.05, 0.1) is 19.7 Å². The molecule has 0 unspecified atom stereocenters. The molecule has 1 amide bonds. The first-order valence-electron chi connectivity index (χ1n) is 9.82. The van der Waals surface area contributed by atoms with Crippen molar-refractivity contribution in [2.45, 2.75) is 59.5 Å². The maximum absolute atomic E-state index is 12.0. The van der Waals surface area contributed by atoms with Gasteiger partial charge in [-0.25, -0.2) is 4.99 Å². The average molecular weight is 375 g/mol. The molecule has 1 aromatic carbocycles. The summed E-state index contributed by atoms with van der Waals surface area (Å²) in [5.41, 5.74) is 1.99. The standard InChI is InChI=1S/C21H34N4O2/c1-6-22-20(24-13-19(26)25-21(3,4)5)23-12-17-10-7-15(2)11-18(17)27-14-16-8-9-16/h7,10-11,16H,6,8-9,12-14H2,1-5H3,(H,25,26)(H2,22,23,24).